The molecule has 1 aromatic heterocycles. The quantitative estimate of drug-likeness (QED) is 0.645. The monoisotopic (exact) mass is 203 g/mol. The van der Waals surface area contributed by atoms with Gasteiger partial charge in [-0.15, -0.1) is 0 Å². The molecule has 0 aliphatic heterocycles. The minimum Gasteiger partial charge on any atom is -0.399 e. The molecular weight excluding hydrogens is 194 g/mol. The summed E-state index contributed by atoms with van der Waals surface area (Å²) in [6.45, 7) is 0. The highest BCUT2D eigenvalue weighted by atomic mass is 16.1. The normalized spacial score (nSPS) is 10.1. The van der Waals surface area contributed by atoms with Gasteiger partial charge in [-0.1, -0.05) is 0 Å². The topological polar surface area (TPSA) is 80.9 Å². The van der Waals surface area contributed by atoms with Crippen molar-refractivity contribution in [2.45, 2.75) is 0 Å². The first-order chi connectivity index (χ1) is 7.16. The molecular formula is C10H9N3O2. The Hall–Kier alpha value is -2.30. The fourth-order valence-corrected chi connectivity index (χ4v) is 1.24. The van der Waals surface area contributed by atoms with E-state index >= 15 is 0 Å². The number of hydrogen-bond donors (Lipinski definition) is 2. The van der Waals surface area contributed by atoms with Crippen molar-refractivity contribution in [3.05, 3.63) is 57.1 Å². The largest absolute Gasteiger partial charge is 0.399 e. The van der Waals surface area contributed by atoms with E-state index in [2.05, 4.69) is 5.10 Å². The first kappa shape index (κ1) is 9.26. The summed E-state index contributed by atoms with van der Waals surface area (Å²) in [6, 6.07) is 9.05. The molecule has 1 heterocycles. The Morgan fingerprint density at radius 2 is 1.67 bits per heavy atom. The molecule has 3 N–H and O–H groups in total. The number of H-pyrrole nitrogens is 1. The molecule has 0 aliphatic carbocycles. The van der Waals surface area contributed by atoms with Crippen LogP contribution >= 0.6 is 0 Å². The number of hydrogen-bond acceptors (Lipinski definition) is 3. The summed E-state index contributed by atoms with van der Waals surface area (Å²) in [5, 5.41) is 2.42. The molecule has 0 spiro atoms. The molecule has 0 saturated carbocycles. The Balaban J connectivity index is 2.63. The van der Waals surface area contributed by atoms with Gasteiger partial charge in [0.15, 0.2) is 0 Å². The zero-order valence-corrected chi connectivity index (χ0v) is 7.81. The number of benzene rings is 1. The zero-order chi connectivity index (χ0) is 10.8. The van der Waals surface area contributed by atoms with Gasteiger partial charge in [0.1, 0.15) is 0 Å². The van der Waals surface area contributed by atoms with E-state index in [-0.39, 0.29) is 11.1 Å². The molecule has 0 fully saturated rings. The number of nitrogens with one attached hydrogen (secondary N) is 1. The standard InChI is InChI=1S/C10H9N3O2/c11-7-1-3-8(4-2-7)13-10(15)6-5-9(14)12-13/h1-6H,11H2,(H,12,14). The fourth-order valence-electron chi connectivity index (χ4n) is 1.24. The van der Waals surface area contributed by atoms with Crippen LogP contribution in [0, 0.1) is 0 Å². The Morgan fingerprint density at radius 1 is 1.00 bits per heavy atom. The van der Waals surface area contributed by atoms with Crippen LogP contribution in [0.5, 0.6) is 0 Å². The maximum absolute atomic E-state index is 11.4. The van der Waals surface area contributed by atoms with Crippen LogP contribution in [0.15, 0.2) is 46.0 Å². The van der Waals surface area contributed by atoms with Crippen LogP contribution < -0.4 is 16.9 Å². The number of anilines is 1. The summed E-state index contributed by atoms with van der Waals surface area (Å²) in [6.07, 6.45) is 0. The average molecular weight is 203 g/mol. The molecule has 1 aromatic carbocycles. The van der Waals surface area contributed by atoms with Crippen LogP contribution in [0.4, 0.5) is 5.69 Å². The summed E-state index contributed by atoms with van der Waals surface area (Å²) in [4.78, 5) is 22.5. The molecule has 15 heavy (non-hydrogen) atoms. The highest BCUT2D eigenvalue weighted by molar-refractivity contribution is 5.44. The van der Waals surface area contributed by atoms with Crippen molar-refractivity contribution in [1.29, 1.82) is 0 Å². The number of nitrogens with two attached hydrogens (primary N) is 1. The van der Waals surface area contributed by atoms with Crippen molar-refractivity contribution >= 4 is 5.69 Å². The van der Waals surface area contributed by atoms with Crippen molar-refractivity contribution in [3.63, 3.8) is 0 Å². The molecule has 76 valence electrons. The lowest BCUT2D eigenvalue weighted by Gasteiger charge is -2.04. The number of nitrogens with zero attached hydrogens (tertiary/aromatic N) is 1. The predicted molar refractivity (Wildman–Crippen MR) is 57.1 cm³/mol. The molecule has 0 amide bonds. The second kappa shape index (κ2) is 3.45. The van der Waals surface area contributed by atoms with Gasteiger partial charge in [-0.3, -0.25) is 14.7 Å². The van der Waals surface area contributed by atoms with Crippen LogP contribution in [-0.4, -0.2) is 9.78 Å². The van der Waals surface area contributed by atoms with Crippen molar-refractivity contribution in [2.24, 2.45) is 0 Å². The smallest absolute Gasteiger partial charge is 0.269 e. The number of aromatic amines is 1. The van der Waals surface area contributed by atoms with Crippen molar-refractivity contribution in [1.82, 2.24) is 9.78 Å². The van der Waals surface area contributed by atoms with Gasteiger partial charge in [0.05, 0.1) is 5.69 Å². The van der Waals surface area contributed by atoms with Crippen LogP contribution in [-0.2, 0) is 0 Å². The maximum atomic E-state index is 11.4. The third kappa shape index (κ3) is 1.80. The third-order valence-corrected chi connectivity index (χ3v) is 1.97. The van der Waals surface area contributed by atoms with Gasteiger partial charge < -0.3 is 5.73 Å². The molecule has 0 radical (unpaired) electrons. The molecule has 5 heteroatoms. The first-order valence-electron chi connectivity index (χ1n) is 4.35. The van der Waals surface area contributed by atoms with E-state index in [1.54, 1.807) is 24.3 Å². The second-order valence-electron chi connectivity index (χ2n) is 3.07. The SMILES string of the molecule is Nc1ccc(-n2[nH]c(=O)ccc2=O)cc1. The fraction of sp³-hybridized carbons (Fsp3) is 0. The van der Waals surface area contributed by atoms with Gasteiger partial charge in [0.25, 0.3) is 11.1 Å². The first-order valence-corrected chi connectivity index (χ1v) is 4.35. The van der Waals surface area contributed by atoms with Crippen molar-refractivity contribution in [3.8, 4) is 5.69 Å². The molecule has 0 bridgehead atoms. The van der Waals surface area contributed by atoms with E-state index in [1.807, 2.05) is 0 Å². The zero-order valence-electron chi connectivity index (χ0n) is 7.81. The highest BCUT2D eigenvalue weighted by Crippen LogP contribution is 2.06. The van der Waals surface area contributed by atoms with Crippen LogP contribution in [0.3, 0.4) is 0 Å². The van der Waals surface area contributed by atoms with Gasteiger partial charge in [-0.25, -0.2) is 4.68 Å². The van der Waals surface area contributed by atoms with Crippen molar-refractivity contribution in [2.75, 3.05) is 5.73 Å². The molecule has 5 nitrogen and oxygen atoms in total. The van der Waals surface area contributed by atoms with E-state index in [4.69, 9.17) is 5.73 Å². The summed E-state index contributed by atoms with van der Waals surface area (Å²) < 4.78 is 1.17. The summed E-state index contributed by atoms with van der Waals surface area (Å²) in [7, 11) is 0. The highest BCUT2D eigenvalue weighted by Gasteiger charge is 1.98. The predicted octanol–water partition coefficient (Wildman–Crippen LogP) is 0.108. The van der Waals surface area contributed by atoms with Gasteiger partial charge >= 0.3 is 0 Å². The minimum atomic E-state index is -0.327. The average Bonchev–Trinajstić information content (AvgIpc) is 2.23. The number of aromatic nitrogens is 2. The molecule has 0 atom stereocenters. The lowest BCUT2D eigenvalue weighted by atomic mass is 10.3. The van der Waals surface area contributed by atoms with Crippen LogP contribution in [0.25, 0.3) is 5.69 Å². The summed E-state index contributed by atoms with van der Waals surface area (Å²) in [5.41, 5.74) is 6.07. The Labute approximate surface area is 84.8 Å². The second-order valence-corrected chi connectivity index (χ2v) is 3.07. The van der Waals surface area contributed by atoms with E-state index in [0.717, 1.165) is 0 Å². The lowest BCUT2D eigenvalue weighted by Crippen LogP contribution is -2.26. The lowest BCUT2D eigenvalue weighted by molar-refractivity contribution is 0.786. The number of rotatable bonds is 1. The van der Waals surface area contributed by atoms with Crippen LogP contribution in [0.2, 0.25) is 0 Å². The molecule has 0 unspecified atom stereocenters. The van der Waals surface area contributed by atoms with E-state index < -0.39 is 0 Å². The summed E-state index contributed by atoms with van der Waals surface area (Å²) >= 11 is 0. The Bertz CT molecular complexity index is 581. The van der Waals surface area contributed by atoms with Crippen molar-refractivity contribution < 1.29 is 0 Å². The maximum Gasteiger partial charge on any atom is 0.269 e. The molecule has 0 saturated heterocycles. The van der Waals surface area contributed by atoms with E-state index in [0.29, 0.717) is 11.4 Å². The summed E-state index contributed by atoms with van der Waals surface area (Å²) in [5.74, 6) is 0. The molecule has 0 aliphatic rings. The molecule has 2 aromatic rings. The van der Waals surface area contributed by atoms with Gasteiger partial charge in [-0.2, -0.15) is 0 Å². The molecule has 2 rings (SSSR count). The Morgan fingerprint density at radius 3 is 2.33 bits per heavy atom. The van der Waals surface area contributed by atoms with Gasteiger partial charge in [0.2, 0.25) is 0 Å². The van der Waals surface area contributed by atoms with E-state index in [9.17, 15) is 9.59 Å². The minimum absolute atomic E-state index is 0.292. The van der Waals surface area contributed by atoms with E-state index in [1.165, 1.54) is 16.8 Å². The van der Waals surface area contributed by atoms with Gasteiger partial charge in [-0.05, 0) is 24.3 Å². The van der Waals surface area contributed by atoms with Gasteiger partial charge in [0, 0.05) is 17.8 Å². The number of nitrogen functional groups attached to an aromatic ring is 1. The van der Waals surface area contributed by atoms with Crippen LogP contribution in [0.1, 0.15) is 0 Å². The Kier molecular flexibility index (Phi) is 2.13. The third-order valence-electron chi connectivity index (χ3n) is 1.97.